The third kappa shape index (κ3) is 3.37. The Morgan fingerprint density at radius 2 is 2.31 bits per heavy atom. The molecule has 0 unspecified atom stereocenters. The van der Waals surface area contributed by atoms with Gasteiger partial charge in [-0.1, -0.05) is 10.6 Å². The average molecular weight is 368 g/mol. The lowest BCUT2D eigenvalue weighted by molar-refractivity contribution is 0.0707. The number of pyridine rings is 1. The number of hydrogen-bond donors (Lipinski definition) is 0. The topological polar surface area (TPSA) is 76.8 Å². The monoisotopic (exact) mass is 368 g/mol. The molecule has 3 aromatic rings. The van der Waals surface area contributed by atoms with Crippen LogP contribution in [0, 0.1) is 6.92 Å². The second kappa shape index (κ2) is 7.33. The van der Waals surface area contributed by atoms with Gasteiger partial charge in [0.05, 0.1) is 12.2 Å². The molecule has 0 bridgehead atoms. The minimum absolute atomic E-state index is 0.0348. The zero-order valence-electron chi connectivity index (χ0n) is 14.6. The first kappa shape index (κ1) is 16.8. The SMILES string of the molecule is Cc1nnsc1C(=O)N1CCC[C@@H](c2nccn2Cc2cccnc2)C1. The average Bonchev–Trinajstić information content (AvgIpc) is 3.31. The first-order valence-electron chi connectivity index (χ1n) is 8.70. The van der Waals surface area contributed by atoms with Crippen molar-refractivity contribution in [1.29, 1.82) is 0 Å². The number of carbonyl (C=O) groups is 1. The Labute approximate surface area is 155 Å². The molecule has 1 atom stereocenters. The molecule has 1 saturated heterocycles. The van der Waals surface area contributed by atoms with Crippen LogP contribution in [0.5, 0.6) is 0 Å². The summed E-state index contributed by atoms with van der Waals surface area (Å²) in [5.74, 6) is 1.30. The van der Waals surface area contributed by atoms with Crippen molar-refractivity contribution in [3.8, 4) is 0 Å². The van der Waals surface area contributed by atoms with E-state index in [9.17, 15) is 4.79 Å². The summed E-state index contributed by atoms with van der Waals surface area (Å²) in [6.07, 6.45) is 9.50. The number of rotatable bonds is 4. The number of carbonyl (C=O) groups excluding carboxylic acids is 1. The van der Waals surface area contributed by atoms with Gasteiger partial charge in [0.15, 0.2) is 0 Å². The third-order valence-electron chi connectivity index (χ3n) is 4.74. The van der Waals surface area contributed by atoms with Crippen LogP contribution in [-0.4, -0.2) is 48.0 Å². The van der Waals surface area contributed by atoms with Gasteiger partial charge in [-0.05, 0) is 42.9 Å². The quantitative estimate of drug-likeness (QED) is 0.707. The van der Waals surface area contributed by atoms with Crippen LogP contribution < -0.4 is 0 Å². The Hall–Kier alpha value is -2.61. The predicted octanol–water partition coefficient (Wildman–Crippen LogP) is 2.51. The zero-order valence-corrected chi connectivity index (χ0v) is 15.4. The van der Waals surface area contributed by atoms with Gasteiger partial charge in [0.2, 0.25) is 0 Å². The van der Waals surface area contributed by atoms with E-state index in [1.165, 1.54) is 11.5 Å². The predicted molar refractivity (Wildman–Crippen MR) is 98.1 cm³/mol. The molecule has 0 radical (unpaired) electrons. The minimum Gasteiger partial charge on any atom is -0.337 e. The van der Waals surface area contributed by atoms with Gasteiger partial charge >= 0.3 is 0 Å². The van der Waals surface area contributed by atoms with E-state index in [0.717, 1.165) is 37.3 Å². The van der Waals surface area contributed by atoms with Crippen LogP contribution in [0.1, 0.15) is 45.5 Å². The van der Waals surface area contributed by atoms with Crippen molar-refractivity contribution >= 4 is 17.4 Å². The first-order valence-corrected chi connectivity index (χ1v) is 9.48. The van der Waals surface area contributed by atoms with Gasteiger partial charge in [-0.2, -0.15) is 0 Å². The molecule has 0 spiro atoms. The largest absolute Gasteiger partial charge is 0.337 e. The van der Waals surface area contributed by atoms with Crippen molar-refractivity contribution in [2.24, 2.45) is 0 Å². The molecule has 3 aromatic heterocycles. The number of amides is 1. The Bertz CT molecular complexity index is 890. The van der Waals surface area contributed by atoms with Crippen LogP contribution in [0.15, 0.2) is 36.9 Å². The molecule has 26 heavy (non-hydrogen) atoms. The Morgan fingerprint density at radius 3 is 3.08 bits per heavy atom. The number of likely N-dealkylation sites (tertiary alicyclic amines) is 1. The Kier molecular flexibility index (Phi) is 4.75. The molecule has 0 aromatic carbocycles. The van der Waals surface area contributed by atoms with Crippen molar-refractivity contribution in [2.45, 2.75) is 32.2 Å². The lowest BCUT2D eigenvalue weighted by Crippen LogP contribution is -2.39. The van der Waals surface area contributed by atoms with Gasteiger partial charge in [-0.25, -0.2) is 4.98 Å². The molecule has 7 nitrogen and oxygen atoms in total. The number of imidazole rings is 1. The normalized spacial score (nSPS) is 17.4. The summed E-state index contributed by atoms with van der Waals surface area (Å²) < 4.78 is 6.05. The van der Waals surface area contributed by atoms with Crippen molar-refractivity contribution in [1.82, 2.24) is 29.0 Å². The summed E-state index contributed by atoms with van der Waals surface area (Å²) in [4.78, 5) is 24.1. The summed E-state index contributed by atoms with van der Waals surface area (Å²) in [5, 5.41) is 3.96. The fourth-order valence-electron chi connectivity index (χ4n) is 3.45. The van der Waals surface area contributed by atoms with Crippen LogP contribution in [0.4, 0.5) is 0 Å². The van der Waals surface area contributed by atoms with E-state index in [1.54, 1.807) is 6.20 Å². The summed E-state index contributed by atoms with van der Waals surface area (Å²) in [6, 6.07) is 4.01. The molecule has 1 aliphatic rings. The van der Waals surface area contributed by atoms with E-state index < -0.39 is 0 Å². The number of aromatic nitrogens is 5. The van der Waals surface area contributed by atoms with Gasteiger partial charge in [0.1, 0.15) is 10.7 Å². The lowest BCUT2D eigenvalue weighted by atomic mass is 9.96. The molecular formula is C18H20N6OS. The van der Waals surface area contributed by atoms with E-state index in [4.69, 9.17) is 0 Å². The minimum atomic E-state index is 0.0348. The maximum Gasteiger partial charge on any atom is 0.267 e. The first-order chi connectivity index (χ1) is 12.7. The highest BCUT2D eigenvalue weighted by molar-refractivity contribution is 7.07. The molecular weight excluding hydrogens is 348 g/mol. The van der Waals surface area contributed by atoms with Crippen molar-refractivity contribution in [3.05, 3.63) is 58.9 Å². The summed E-state index contributed by atoms with van der Waals surface area (Å²) in [7, 11) is 0. The number of piperidine rings is 1. The summed E-state index contributed by atoms with van der Waals surface area (Å²) >= 11 is 1.17. The van der Waals surface area contributed by atoms with E-state index in [0.29, 0.717) is 17.1 Å². The van der Waals surface area contributed by atoms with Crippen molar-refractivity contribution in [2.75, 3.05) is 13.1 Å². The van der Waals surface area contributed by atoms with Crippen LogP contribution in [0.3, 0.4) is 0 Å². The number of aryl methyl sites for hydroxylation is 1. The maximum absolute atomic E-state index is 12.8. The number of hydrogen-bond acceptors (Lipinski definition) is 6. The summed E-state index contributed by atoms with van der Waals surface area (Å²) in [6.45, 7) is 4.03. The lowest BCUT2D eigenvalue weighted by Gasteiger charge is -2.32. The van der Waals surface area contributed by atoms with Crippen LogP contribution in [0.25, 0.3) is 0 Å². The number of nitrogens with zero attached hydrogens (tertiary/aromatic N) is 6. The molecule has 4 rings (SSSR count). The molecule has 8 heteroatoms. The second-order valence-corrected chi connectivity index (χ2v) is 7.31. The van der Waals surface area contributed by atoms with E-state index in [-0.39, 0.29) is 11.8 Å². The van der Waals surface area contributed by atoms with Crippen LogP contribution >= 0.6 is 11.5 Å². The summed E-state index contributed by atoms with van der Waals surface area (Å²) in [5.41, 5.74) is 1.85. The fourth-order valence-corrected chi connectivity index (χ4v) is 4.07. The highest BCUT2D eigenvalue weighted by atomic mass is 32.1. The van der Waals surface area contributed by atoms with E-state index in [2.05, 4.69) is 30.2 Å². The highest BCUT2D eigenvalue weighted by Crippen LogP contribution is 2.28. The molecule has 0 N–H and O–H groups in total. The Morgan fingerprint density at radius 1 is 1.38 bits per heavy atom. The molecule has 1 amide bonds. The van der Waals surface area contributed by atoms with Gasteiger partial charge in [0, 0.05) is 43.8 Å². The van der Waals surface area contributed by atoms with Gasteiger partial charge in [0.25, 0.3) is 5.91 Å². The van der Waals surface area contributed by atoms with Crippen LogP contribution in [0.2, 0.25) is 0 Å². The Balaban J connectivity index is 1.51. The van der Waals surface area contributed by atoms with Crippen molar-refractivity contribution in [3.63, 3.8) is 0 Å². The van der Waals surface area contributed by atoms with Crippen molar-refractivity contribution < 1.29 is 4.79 Å². The molecule has 134 valence electrons. The molecule has 0 saturated carbocycles. The van der Waals surface area contributed by atoms with Gasteiger partial charge in [-0.15, -0.1) is 5.10 Å². The van der Waals surface area contributed by atoms with Gasteiger partial charge < -0.3 is 9.47 Å². The van der Waals surface area contributed by atoms with Crippen LogP contribution in [-0.2, 0) is 6.54 Å². The molecule has 4 heterocycles. The highest BCUT2D eigenvalue weighted by Gasteiger charge is 2.29. The van der Waals surface area contributed by atoms with Gasteiger partial charge in [-0.3, -0.25) is 9.78 Å². The molecule has 1 aliphatic heterocycles. The van der Waals surface area contributed by atoms with E-state index in [1.807, 2.05) is 36.5 Å². The third-order valence-corrected chi connectivity index (χ3v) is 5.56. The maximum atomic E-state index is 12.8. The zero-order chi connectivity index (χ0) is 17.9. The second-order valence-electron chi connectivity index (χ2n) is 6.55. The molecule has 1 fully saturated rings. The smallest absolute Gasteiger partial charge is 0.267 e. The fraction of sp³-hybridized carbons (Fsp3) is 0.389. The standard InChI is InChI=1S/C18H20N6OS/c1-13-16(26-22-21-13)18(25)24-8-3-5-15(12-24)17-20-7-9-23(17)11-14-4-2-6-19-10-14/h2,4,6-7,9-10,15H,3,5,8,11-12H2,1H3/t15-/m1/s1. The van der Waals surface area contributed by atoms with E-state index >= 15 is 0 Å². The molecule has 0 aliphatic carbocycles.